The average molecular weight is 520 g/mol. The molecular formula is C25H31BrN2O3S. The summed E-state index contributed by atoms with van der Waals surface area (Å²) in [7, 11) is -3.39. The molecule has 1 aliphatic heterocycles. The summed E-state index contributed by atoms with van der Waals surface area (Å²) in [6.07, 6.45) is 5.89. The minimum absolute atomic E-state index is 0.00743. The lowest BCUT2D eigenvalue weighted by Gasteiger charge is -2.31. The van der Waals surface area contributed by atoms with Crippen LogP contribution in [0.1, 0.15) is 60.9 Å². The molecule has 0 aromatic heterocycles. The minimum atomic E-state index is -3.39. The number of hydrogen-bond acceptors (Lipinski definition) is 3. The molecule has 172 valence electrons. The standard InChI is InChI=1S/C25H31BrN2O3S/c1-18(22-9-8-20-4-2-3-5-23(20)16-22)27-25(29)21-12-14-28(15-13-21)32(30,31)17-19-6-10-24(26)11-7-19/h6-11,16,18,21H,2-5,12-15,17H2,1H3,(H,27,29). The predicted octanol–water partition coefficient (Wildman–Crippen LogP) is 4.75. The zero-order valence-corrected chi connectivity index (χ0v) is 20.9. The van der Waals surface area contributed by atoms with Crippen LogP contribution in [0.15, 0.2) is 46.9 Å². The van der Waals surface area contributed by atoms with Gasteiger partial charge in [-0.1, -0.05) is 46.3 Å². The first-order chi connectivity index (χ1) is 15.3. The molecule has 1 N–H and O–H groups in total. The van der Waals surface area contributed by atoms with Crippen LogP contribution in [0.25, 0.3) is 0 Å². The molecule has 2 aromatic carbocycles. The molecule has 2 aliphatic rings. The monoisotopic (exact) mass is 518 g/mol. The van der Waals surface area contributed by atoms with E-state index in [4.69, 9.17) is 0 Å². The van der Waals surface area contributed by atoms with E-state index in [1.807, 2.05) is 31.2 Å². The van der Waals surface area contributed by atoms with E-state index < -0.39 is 10.0 Å². The fourth-order valence-electron chi connectivity index (χ4n) is 4.72. The number of sulfonamides is 1. The highest BCUT2D eigenvalue weighted by atomic mass is 79.9. The van der Waals surface area contributed by atoms with E-state index >= 15 is 0 Å². The maximum Gasteiger partial charge on any atom is 0.223 e. The molecule has 1 atom stereocenters. The summed E-state index contributed by atoms with van der Waals surface area (Å²) in [6, 6.07) is 13.9. The van der Waals surface area contributed by atoms with Gasteiger partial charge in [0.15, 0.2) is 0 Å². The zero-order valence-electron chi connectivity index (χ0n) is 18.5. The third-order valence-electron chi connectivity index (χ3n) is 6.71. The Hall–Kier alpha value is -1.70. The summed E-state index contributed by atoms with van der Waals surface area (Å²) in [5.41, 5.74) is 4.77. The van der Waals surface area contributed by atoms with Crippen molar-refractivity contribution < 1.29 is 13.2 Å². The number of nitrogens with zero attached hydrogens (tertiary/aromatic N) is 1. The van der Waals surface area contributed by atoms with Gasteiger partial charge in [0, 0.05) is 23.5 Å². The van der Waals surface area contributed by atoms with E-state index in [1.54, 1.807) is 0 Å². The Morgan fingerprint density at radius 1 is 1.06 bits per heavy atom. The number of piperidine rings is 1. The van der Waals surface area contributed by atoms with E-state index in [0.29, 0.717) is 25.9 Å². The molecule has 0 bridgehead atoms. The second-order valence-corrected chi connectivity index (χ2v) is 11.9. The molecule has 1 amide bonds. The van der Waals surface area contributed by atoms with Gasteiger partial charge in [-0.15, -0.1) is 0 Å². The highest BCUT2D eigenvalue weighted by molar-refractivity contribution is 9.10. The fraction of sp³-hybridized carbons (Fsp3) is 0.480. The van der Waals surface area contributed by atoms with Crippen LogP contribution in [0, 0.1) is 5.92 Å². The van der Waals surface area contributed by atoms with E-state index in [2.05, 4.69) is 39.4 Å². The molecule has 7 heteroatoms. The Morgan fingerprint density at radius 3 is 2.41 bits per heavy atom. The van der Waals surface area contributed by atoms with Crippen molar-refractivity contribution in [3.8, 4) is 0 Å². The summed E-state index contributed by atoms with van der Waals surface area (Å²) in [4.78, 5) is 12.9. The van der Waals surface area contributed by atoms with Gasteiger partial charge in [-0.3, -0.25) is 4.79 Å². The van der Waals surface area contributed by atoms with Crippen LogP contribution in [0.2, 0.25) is 0 Å². The Labute approximate surface area is 199 Å². The maximum absolute atomic E-state index is 12.9. The molecule has 0 spiro atoms. The summed E-state index contributed by atoms with van der Waals surface area (Å²) in [6.45, 7) is 2.81. The van der Waals surface area contributed by atoms with Crippen molar-refractivity contribution in [2.45, 2.75) is 57.2 Å². The molecule has 32 heavy (non-hydrogen) atoms. The molecule has 1 unspecified atom stereocenters. The van der Waals surface area contributed by atoms with Crippen molar-refractivity contribution in [1.29, 1.82) is 0 Å². The lowest BCUT2D eigenvalue weighted by molar-refractivity contribution is -0.126. The fourth-order valence-corrected chi connectivity index (χ4v) is 6.54. The predicted molar refractivity (Wildman–Crippen MR) is 131 cm³/mol. The van der Waals surface area contributed by atoms with Gasteiger partial charge >= 0.3 is 0 Å². The largest absolute Gasteiger partial charge is 0.349 e. The number of carbonyl (C=O) groups excluding carboxylic acids is 1. The molecule has 5 nitrogen and oxygen atoms in total. The molecule has 4 rings (SSSR count). The molecule has 1 aliphatic carbocycles. The van der Waals surface area contributed by atoms with Gasteiger partial charge in [0.1, 0.15) is 0 Å². The second kappa shape index (κ2) is 10.1. The van der Waals surface area contributed by atoms with Crippen molar-refractivity contribution in [3.05, 3.63) is 69.2 Å². The van der Waals surface area contributed by atoms with E-state index in [9.17, 15) is 13.2 Å². The molecule has 1 heterocycles. The first kappa shape index (κ1) is 23.5. The molecule has 0 saturated carbocycles. The smallest absolute Gasteiger partial charge is 0.223 e. The number of fused-ring (bicyclic) bond motifs is 1. The number of nitrogens with one attached hydrogen (secondary N) is 1. The van der Waals surface area contributed by atoms with Crippen LogP contribution in [0.5, 0.6) is 0 Å². The van der Waals surface area contributed by atoms with Gasteiger partial charge in [0.05, 0.1) is 11.8 Å². The van der Waals surface area contributed by atoms with Crippen LogP contribution in [0.4, 0.5) is 0 Å². The van der Waals surface area contributed by atoms with Gasteiger partial charge in [0.2, 0.25) is 15.9 Å². The minimum Gasteiger partial charge on any atom is -0.349 e. The SMILES string of the molecule is CC(NC(=O)C1CCN(S(=O)(=O)Cc2ccc(Br)cc2)CC1)c1ccc2c(c1)CCCC2. The van der Waals surface area contributed by atoms with Gasteiger partial charge < -0.3 is 5.32 Å². The topological polar surface area (TPSA) is 66.5 Å². The third-order valence-corrected chi connectivity index (χ3v) is 9.09. The summed E-state index contributed by atoms with van der Waals surface area (Å²) < 4.78 is 28.1. The Kier molecular flexibility index (Phi) is 7.37. The van der Waals surface area contributed by atoms with E-state index in [-0.39, 0.29) is 23.6 Å². The van der Waals surface area contributed by atoms with Crippen molar-refractivity contribution >= 4 is 31.9 Å². The second-order valence-electron chi connectivity index (χ2n) is 9.02. The van der Waals surface area contributed by atoms with Crippen LogP contribution in [-0.2, 0) is 33.4 Å². The summed E-state index contributed by atoms with van der Waals surface area (Å²) >= 11 is 3.37. The Bertz CT molecular complexity index is 1060. The first-order valence-corrected chi connectivity index (χ1v) is 13.9. The molecule has 1 saturated heterocycles. The average Bonchev–Trinajstić information content (AvgIpc) is 2.80. The molecule has 2 aromatic rings. The van der Waals surface area contributed by atoms with Gasteiger partial charge in [-0.05, 0) is 79.8 Å². The van der Waals surface area contributed by atoms with Crippen molar-refractivity contribution in [3.63, 3.8) is 0 Å². The molecular weight excluding hydrogens is 488 g/mol. The zero-order chi connectivity index (χ0) is 22.7. The summed E-state index contributed by atoms with van der Waals surface area (Å²) in [5.74, 6) is -0.124. The van der Waals surface area contributed by atoms with E-state index in [1.165, 1.54) is 28.3 Å². The Balaban J connectivity index is 1.30. The lowest BCUT2D eigenvalue weighted by atomic mass is 9.89. The summed E-state index contributed by atoms with van der Waals surface area (Å²) in [5, 5.41) is 3.16. The van der Waals surface area contributed by atoms with Crippen molar-refractivity contribution in [2.75, 3.05) is 13.1 Å². The highest BCUT2D eigenvalue weighted by Gasteiger charge is 2.31. The number of amides is 1. The third kappa shape index (κ3) is 5.61. The number of aryl methyl sites for hydroxylation is 2. The molecule has 0 radical (unpaired) electrons. The van der Waals surface area contributed by atoms with Crippen LogP contribution < -0.4 is 5.32 Å². The van der Waals surface area contributed by atoms with Crippen molar-refractivity contribution in [2.24, 2.45) is 5.92 Å². The normalized spacial score (nSPS) is 18.7. The van der Waals surface area contributed by atoms with Gasteiger partial charge in [-0.25, -0.2) is 12.7 Å². The van der Waals surface area contributed by atoms with Crippen LogP contribution in [-0.4, -0.2) is 31.7 Å². The number of benzene rings is 2. The number of hydrogen-bond donors (Lipinski definition) is 1. The first-order valence-electron chi connectivity index (χ1n) is 11.5. The van der Waals surface area contributed by atoms with Crippen LogP contribution >= 0.6 is 15.9 Å². The van der Waals surface area contributed by atoms with Crippen molar-refractivity contribution in [1.82, 2.24) is 9.62 Å². The molecule has 1 fully saturated rings. The van der Waals surface area contributed by atoms with Gasteiger partial charge in [-0.2, -0.15) is 0 Å². The lowest BCUT2D eigenvalue weighted by Crippen LogP contribution is -2.43. The maximum atomic E-state index is 12.9. The van der Waals surface area contributed by atoms with Crippen LogP contribution in [0.3, 0.4) is 0 Å². The number of halogens is 1. The van der Waals surface area contributed by atoms with Gasteiger partial charge in [0.25, 0.3) is 0 Å². The number of rotatable bonds is 6. The Morgan fingerprint density at radius 2 is 1.72 bits per heavy atom. The quantitative estimate of drug-likeness (QED) is 0.599. The number of carbonyl (C=O) groups is 1. The van der Waals surface area contributed by atoms with E-state index in [0.717, 1.165) is 28.4 Å². The highest BCUT2D eigenvalue weighted by Crippen LogP contribution is 2.26.